The second kappa shape index (κ2) is 7.56. The standard InChI is InChI=1S/C19H23ClN2O3S/c1-13-4-6-16(20)11-19(13)26(23,24)21-12-17(22(2)3)14-5-7-18-15(10-14)8-9-25-18/h4-7,10-11,17,21H,8-9,12H2,1-3H3/t17-/m1/s1. The summed E-state index contributed by atoms with van der Waals surface area (Å²) in [6.07, 6.45) is 0.886. The molecular formula is C19H23ClN2O3S. The number of hydrogen-bond acceptors (Lipinski definition) is 4. The summed E-state index contributed by atoms with van der Waals surface area (Å²) >= 11 is 5.97. The molecule has 3 rings (SSSR count). The minimum absolute atomic E-state index is 0.0878. The third-order valence-corrected chi connectivity index (χ3v) is 6.43. The van der Waals surface area contributed by atoms with Gasteiger partial charge in [0.05, 0.1) is 11.5 Å². The van der Waals surface area contributed by atoms with E-state index in [-0.39, 0.29) is 17.5 Å². The molecule has 0 fully saturated rings. The highest BCUT2D eigenvalue weighted by molar-refractivity contribution is 7.89. The van der Waals surface area contributed by atoms with Crippen LogP contribution in [0.5, 0.6) is 5.75 Å². The van der Waals surface area contributed by atoms with Crippen LogP contribution in [0.1, 0.15) is 22.7 Å². The second-order valence-corrected chi connectivity index (χ2v) is 8.88. The molecule has 0 aromatic heterocycles. The number of sulfonamides is 1. The molecule has 0 amide bonds. The molecule has 2 aromatic rings. The maximum atomic E-state index is 12.7. The topological polar surface area (TPSA) is 58.6 Å². The van der Waals surface area contributed by atoms with Gasteiger partial charge in [-0.05, 0) is 55.9 Å². The maximum absolute atomic E-state index is 12.7. The van der Waals surface area contributed by atoms with Crippen LogP contribution in [0.15, 0.2) is 41.3 Å². The molecule has 140 valence electrons. The van der Waals surface area contributed by atoms with Crippen molar-refractivity contribution < 1.29 is 13.2 Å². The number of hydrogen-bond donors (Lipinski definition) is 1. The van der Waals surface area contributed by atoms with Crippen molar-refractivity contribution >= 4 is 21.6 Å². The number of rotatable bonds is 6. The van der Waals surface area contributed by atoms with E-state index >= 15 is 0 Å². The molecule has 7 heteroatoms. The van der Waals surface area contributed by atoms with E-state index in [4.69, 9.17) is 16.3 Å². The maximum Gasteiger partial charge on any atom is 0.240 e. The molecular weight excluding hydrogens is 372 g/mol. The van der Waals surface area contributed by atoms with Crippen molar-refractivity contribution in [3.63, 3.8) is 0 Å². The fourth-order valence-electron chi connectivity index (χ4n) is 3.14. The number of nitrogens with zero attached hydrogens (tertiary/aromatic N) is 1. The van der Waals surface area contributed by atoms with E-state index < -0.39 is 10.0 Å². The molecule has 1 aliphatic rings. The van der Waals surface area contributed by atoms with Gasteiger partial charge in [-0.1, -0.05) is 29.8 Å². The molecule has 0 aliphatic carbocycles. The summed E-state index contributed by atoms with van der Waals surface area (Å²) in [6.45, 7) is 2.72. The molecule has 0 unspecified atom stereocenters. The average Bonchev–Trinajstić information content (AvgIpc) is 3.04. The summed E-state index contributed by atoms with van der Waals surface area (Å²) in [5.41, 5.74) is 2.89. The van der Waals surface area contributed by atoms with Crippen LogP contribution in [-0.4, -0.2) is 40.6 Å². The minimum atomic E-state index is -3.65. The zero-order chi connectivity index (χ0) is 18.9. The highest BCUT2D eigenvalue weighted by atomic mass is 35.5. The van der Waals surface area contributed by atoms with Crippen LogP contribution in [0.3, 0.4) is 0 Å². The Balaban J connectivity index is 1.82. The van der Waals surface area contributed by atoms with Crippen molar-refractivity contribution in [3.05, 3.63) is 58.1 Å². The first-order chi connectivity index (χ1) is 12.3. The number of likely N-dealkylation sites (N-methyl/N-ethyl adjacent to an activating group) is 1. The Morgan fingerprint density at radius 3 is 2.73 bits per heavy atom. The van der Waals surface area contributed by atoms with Gasteiger partial charge in [-0.15, -0.1) is 0 Å². The Bertz CT molecular complexity index is 913. The summed E-state index contributed by atoms with van der Waals surface area (Å²) in [6, 6.07) is 10.8. The second-order valence-electron chi connectivity index (χ2n) is 6.71. The number of fused-ring (bicyclic) bond motifs is 1. The molecule has 5 nitrogen and oxygen atoms in total. The van der Waals surface area contributed by atoms with Crippen LogP contribution < -0.4 is 9.46 Å². The van der Waals surface area contributed by atoms with E-state index in [9.17, 15) is 8.42 Å². The van der Waals surface area contributed by atoms with Crippen LogP contribution in [0.4, 0.5) is 0 Å². The highest BCUT2D eigenvalue weighted by Crippen LogP contribution is 2.29. The molecule has 1 heterocycles. The van der Waals surface area contributed by atoms with Gasteiger partial charge >= 0.3 is 0 Å². The number of nitrogens with one attached hydrogen (secondary N) is 1. The Morgan fingerprint density at radius 1 is 1.23 bits per heavy atom. The van der Waals surface area contributed by atoms with E-state index in [1.165, 1.54) is 11.6 Å². The first-order valence-electron chi connectivity index (χ1n) is 8.46. The SMILES string of the molecule is Cc1ccc(Cl)cc1S(=O)(=O)NC[C@H](c1ccc2c(c1)CCO2)N(C)C. The van der Waals surface area contributed by atoms with Gasteiger partial charge in [-0.2, -0.15) is 0 Å². The van der Waals surface area contributed by atoms with Crippen molar-refractivity contribution in [1.82, 2.24) is 9.62 Å². The van der Waals surface area contributed by atoms with Crippen LogP contribution in [0, 0.1) is 6.92 Å². The Morgan fingerprint density at radius 2 is 2.00 bits per heavy atom. The van der Waals surface area contributed by atoms with Crippen LogP contribution in [0.2, 0.25) is 5.02 Å². The van der Waals surface area contributed by atoms with Gasteiger partial charge in [0.2, 0.25) is 10.0 Å². The van der Waals surface area contributed by atoms with Gasteiger partial charge in [-0.3, -0.25) is 0 Å². The molecule has 0 spiro atoms. The lowest BCUT2D eigenvalue weighted by molar-refractivity contribution is 0.299. The number of benzene rings is 2. The van der Waals surface area contributed by atoms with Crippen LogP contribution >= 0.6 is 11.6 Å². The van der Waals surface area contributed by atoms with Gasteiger partial charge < -0.3 is 9.64 Å². The Kier molecular flexibility index (Phi) is 5.58. The van der Waals surface area contributed by atoms with E-state index in [0.29, 0.717) is 17.2 Å². The van der Waals surface area contributed by atoms with Crippen molar-refractivity contribution in [2.24, 2.45) is 0 Å². The monoisotopic (exact) mass is 394 g/mol. The molecule has 2 aromatic carbocycles. The first-order valence-corrected chi connectivity index (χ1v) is 10.3. The Hall–Kier alpha value is -1.60. The van der Waals surface area contributed by atoms with Gasteiger partial charge in [0.1, 0.15) is 5.75 Å². The third kappa shape index (κ3) is 4.04. The number of halogens is 1. The van der Waals surface area contributed by atoms with Gasteiger partial charge in [0, 0.05) is 24.0 Å². The lowest BCUT2D eigenvalue weighted by Gasteiger charge is -2.25. The molecule has 1 N–H and O–H groups in total. The van der Waals surface area contributed by atoms with E-state index in [1.54, 1.807) is 19.1 Å². The van der Waals surface area contributed by atoms with E-state index in [2.05, 4.69) is 10.8 Å². The van der Waals surface area contributed by atoms with E-state index in [0.717, 1.165) is 17.7 Å². The summed E-state index contributed by atoms with van der Waals surface area (Å²) in [5, 5.41) is 0.402. The third-order valence-electron chi connectivity index (χ3n) is 4.63. The average molecular weight is 395 g/mol. The molecule has 0 bridgehead atoms. The van der Waals surface area contributed by atoms with Gasteiger partial charge in [-0.25, -0.2) is 13.1 Å². The van der Waals surface area contributed by atoms with Gasteiger partial charge in [0.25, 0.3) is 0 Å². The molecule has 1 aliphatic heterocycles. The summed E-state index contributed by atoms with van der Waals surface area (Å²) in [4.78, 5) is 2.22. The largest absolute Gasteiger partial charge is 0.493 e. The van der Waals surface area contributed by atoms with Crippen LogP contribution in [-0.2, 0) is 16.4 Å². The summed E-state index contributed by atoms with van der Waals surface area (Å²) < 4.78 is 33.8. The molecule has 1 atom stereocenters. The number of ether oxygens (including phenoxy) is 1. The minimum Gasteiger partial charge on any atom is -0.493 e. The summed E-state index contributed by atoms with van der Waals surface area (Å²) in [5.74, 6) is 0.918. The predicted octanol–water partition coefficient (Wildman–Crippen LogP) is 3.16. The molecule has 0 saturated heterocycles. The predicted molar refractivity (Wildman–Crippen MR) is 103 cm³/mol. The van der Waals surface area contributed by atoms with Crippen molar-refractivity contribution in [2.75, 3.05) is 27.2 Å². The van der Waals surface area contributed by atoms with Crippen molar-refractivity contribution in [3.8, 4) is 5.75 Å². The lowest BCUT2D eigenvalue weighted by atomic mass is 10.0. The fraction of sp³-hybridized carbons (Fsp3) is 0.368. The first kappa shape index (κ1) is 19.2. The van der Waals surface area contributed by atoms with E-state index in [1.807, 2.05) is 31.1 Å². The normalized spacial score (nSPS) is 15.0. The molecule has 0 radical (unpaired) electrons. The lowest BCUT2D eigenvalue weighted by Crippen LogP contribution is -2.34. The Labute approximate surface area is 160 Å². The smallest absolute Gasteiger partial charge is 0.240 e. The number of aryl methyl sites for hydroxylation is 1. The zero-order valence-corrected chi connectivity index (χ0v) is 16.7. The molecule has 26 heavy (non-hydrogen) atoms. The summed E-state index contributed by atoms with van der Waals surface area (Å²) in [7, 11) is 0.228. The fourth-order valence-corrected chi connectivity index (χ4v) is 4.69. The van der Waals surface area contributed by atoms with Crippen molar-refractivity contribution in [1.29, 1.82) is 0 Å². The zero-order valence-electron chi connectivity index (χ0n) is 15.1. The van der Waals surface area contributed by atoms with Crippen molar-refractivity contribution in [2.45, 2.75) is 24.3 Å². The molecule has 0 saturated carbocycles. The van der Waals surface area contributed by atoms with Gasteiger partial charge in [0.15, 0.2) is 0 Å². The quantitative estimate of drug-likeness (QED) is 0.817. The van der Waals surface area contributed by atoms with Crippen LogP contribution in [0.25, 0.3) is 0 Å². The highest BCUT2D eigenvalue weighted by Gasteiger charge is 2.23.